The third-order valence-corrected chi connectivity index (χ3v) is 3.86. The SMILES string of the molecule is OCC1CCCN1Cc1cc(Cl)c2c(c1)OCO2. The molecule has 0 radical (unpaired) electrons. The summed E-state index contributed by atoms with van der Waals surface area (Å²) in [7, 11) is 0. The van der Waals surface area contributed by atoms with Gasteiger partial charge in [-0.25, -0.2) is 0 Å². The third kappa shape index (κ3) is 2.16. The van der Waals surface area contributed by atoms with E-state index in [0.29, 0.717) is 10.8 Å². The molecule has 4 nitrogen and oxygen atoms in total. The van der Waals surface area contributed by atoms with Gasteiger partial charge in [0.25, 0.3) is 0 Å². The number of hydrogen-bond acceptors (Lipinski definition) is 4. The summed E-state index contributed by atoms with van der Waals surface area (Å²) in [6.07, 6.45) is 2.21. The van der Waals surface area contributed by atoms with E-state index in [9.17, 15) is 5.11 Å². The molecule has 0 aliphatic carbocycles. The Balaban J connectivity index is 1.79. The molecule has 1 saturated heterocycles. The molecule has 2 aliphatic heterocycles. The van der Waals surface area contributed by atoms with Crippen LogP contribution in [0, 0.1) is 0 Å². The van der Waals surface area contributed by atoms with Crippen molar-refractivity contribution in [1.29, 1.82) is 0 Å². The van der Waals surface area contributed by atoms with Crippen molar-refractivity contribution in [3.8, 4) is 11.5 Å². The molecular weight excluding hydrogens is 254 g/mol. The Morgan fingerprint density at radius 3 is 3.11 bits per heavy atom. The van der Waals surface area contributed by atoms with Crippen molar-refractivity contribution < 1.29 is 14.6 Å². The van der Waals surface area contributed by atoms with E-state index in [4.69, 9.17) is 21.1 Å². The maximum atomic E-state index is 9.31. The van der Waals surface area contributed by atoms with Gasteiger partial charge in [0.2, 0.25) is 6.79 Å². The minimum Gasteiger partial charge on any atom is -0.454 e. The van der Waals surface area contributed by atoms with Gasteiger partial charge in [0.05, 0.1) is 11.6 Å². The normalized spacial score (nSPS) is 22.7. The van der Waals surface area contributed by atoms with Gasteiger partial charge in [-0.3, -0.25) is 4.90 Å². The van der Waals surface area contributed by atoms with Gasteiger partial charge in [-0.15, -0.1) is 0 Å². The highest BCUT2D eigenvalue weighted by Gasteiger charge is 2.25. The maximum absolute atomic E-state index is 9.31. The summed E-state index contributed by atoms with van der Waals surface area (Å²) in [6, 6.07) is 4.16. The molecule has 5 heteroatoms. The first kappa shape index (κ1) is 12.1. The molecule has 0 bridgehead atoms. The number of aliphatic hydroxyl groups excluding tert-OH is 1. The minimum atomic E-state index is 0.221. The second-order valence-electron chi connectivity index (χ2n) is 4.76. The number of fused-ring (bicyclic) bond motifs is 1. The lowest BCUT2D eigenvalue weighted by Gasteiger charge is -2.22. The molecule has 3 rings (SSSR count). The summed E-state index contributed by atoms with van der Waals surface area (Å²) in [5, 5.41) is 9.91. The number of aliphatic hydroxyl groups is 1. The third-order valence-electron chi connectivity index (χ3n) is 3.58. The van der Waals surface area contributed by atoms with Crippen LogP contribution in [0.5, 0.6) is 11.5 Å². The topological polar surface area (TPSA) is 41.9 Å². The van der Waals surface area contributed by atoms with Crippen LogP contribution < -0.4 is 9.47 Å². The van der Waals surface area contributed by atoms with Crippen LogP contribution in [0.25, 0.3) is 0 Å². The number of ether oxygens (including phenoxy) is 2. The van der Waals surface area contributed by atoms with Crippen LogP contribution in [0.4, 0.5) is 0 Å². The predicted molar refractivity (Wildman–Crippen MR) is 68.1 cm³/mol. The highest BCUT2D eigenvalue weighted by atomic mass is 35.5. The van der Waals surface area contributed by atoms with Crippen LogP contribution in [0.1, 0.15) is 18.4 Å². The molecule has 18 heavy (non-hydrogen) atoms. The van der Waals surface area contributed by atoms with E-state index in [0.717, 1.165) is 37.2 Å². The van der Waals surface area contributed by atoms with Crippen molar-refractivity contribution in [2.45, 2.75) is 25.4 Å². The van der Waals surface area contributed by atoms with Gasteiger partial charge in [-0.2, -0.15) is 0 Å². The zero-order valence-corrected chi connectivity index (χ0v) is 10.8. The highest BCUT2D eigenvalue weighted by Crippen LogP contribution is 2.40. The lowest BCUT2D eigenvalue weighted by atomic mass is 10.1. The molecule has 2 heterocycles. The second kappa shape index (κ2) is 4.96. The van der Waals surface area contributed by atoms with Crippen molar-refractivity contribution in [3.63, 3.8) is 0 Å². The van der Waals surface area contributed by atoms with Crippen LogP contribution in [0.15, 0.2) is 12.1 Å². The molecule has 2 aliphatic rings. The molecule has 1 aromatic carbocycles. The van der Waals surface area contributed by atoms with Gasteiger partial charge in [-0.05, 0) is 37.1 Å². The monoisotopic (exact) mass is 269 g/mol. The van der Waals surface area contributed by atoms with E-state index in [2.05, 4.69) is 4.90 Å². The first-order valence-corrected chi connectivity index (χ1v) is 6.58. The Labute approximate surface area is 111 Å². The van der Waals surface area contributed by atoms with Gasteiger partial charge in [-0.1, -0.05) is 11.6 Å². The summed E-state index contributed by atoms with van der Waals surface area (Å²) < 4.78 is 10.7. The van der Waals surface area contributed by atoms with Gasteiger partial charge >= 0.3 is 0 Å². The van der Waals surface area contributed by atoms with Crippen molar-refractivity contribution >= 4 is 11.6 Å². The summed E-state index contributed by atoms with van der Waals surface area (Å²) in [5.41, 5.74) is 1.10. The largest absolute Gasteiger partial charge is 0.454 e. The average molecular weight is 270 g/mol. The summed E-state index contributed by atoms with van der Waals surface area (Å²) in [5.74, 6) is 1.36. The Bertz CT molecular complexity index is 452. The second-order valence-corrected chi connectivity index (χ2v) is 5.17. The van der Waals surface area contributed by atoms with Crippen LogP contribution in [0.2, 0.25) is 5.02 Å². The molecule has 1 unspecified atom stereocenters. The lowest BCUT2D eigenvalue weighted by molar-refractivity contribution is 0.153. The van der Waals surface area contributed by atoms with Gasteiger partial charge < -0.3 is 14.6 Å². The summed E-state index contributed by atoms with van der Waals surface area (Å²) >= 11 is 6.16. The summed E-state index contributed by atoms with van der Waals surface area (Å²) in [4.78, 5) is 2.29. The van der Waals surface area contributed by atoms with Crippen molar-refractivity contribution in [2.24, 2.45) is 0 Å². The first-order valence-electron chi connectivity index (χ1n) is 6.21. The lowest BCUT2D eigenvalue weighted by Crippen LogP contribution is -2.31. The van der Waals surface area contributed by atoms with Crippen LogP contribution in [-0.2, 0) is 6.54 Å². The Kier molecular flexibility index (Phi) is 3.33. The van der Waals surface area contributed by atoms with Gasteiger partial charge in [0.15, 0.2) is 11.5 Å². The number of hydrogen-bond donors (Lipinski definition) is 1. The zero-order chi connectivity index (χ0) is 12.5. The fraction of sp³-hybridized carbons (Fsp3) is 0.538. The zero-order valence-electron chi connectivity index (χ0n) is 10.1. The molecule has 0 saturated carbocycles. The minimum absolute atomic E-state index is 0.221. The fourth-order valence-electron chi connectivity index (χ4n) is 2.66. The average Bonchev–Trinajstić information content (AvgIpc) is 2.97. The smallest absolute Gasteiger partial charge is 0.231 e. The number of halogens is 1. The maximum Gasteiger partial charge on any atom is 0.231 e. The fourth-order valence-corrected chi connectivity index (χ4v) is 2.94. The van der Waals surface area contributed by atoms with Crippen molar-refractivity contribution in [2.75, 3.05) is 19.9 Å². The number of likely N-dealkylation sites (tertiary alicyclic amines) is 1. The predicted octanol–water partition coefficient (Wildman–Crippen LogP) is 2.03. The van der Waals surface area contributed by atoms with Gasteiger partial charge in [0, 0.05) is 12.6 Å². The number of nitrogens with zero attached hydrogens (tertiary/aromatic N) is 1. The van der Waals surface area contributed by atoms with E-state index in [1.165, 1.54) is 0 Å². The molecule has 0 amide bonds. The Morgan fingerprint density at radius 1 is 1.39 bits per heavy atom. The molecule has 0 spiro atoms. The van der Waals surface area contributed by atoms with Crippen molar-refractivity contribution in [3.05, 3.63) is 22.7 Å². The van der Waals surface area contributed by atoms with Crippen molar-refractivity contribution in [1.82, 2.24) is 4.90 Å². The van der Waals surface area contributed by atoms with Crippen LogP contribution in [-0.4, -0.2) is 36.0 Å². The van der Waals surface area contributed by atoms with E-state index in [1.54, 1.807) is 0 Å². The highest BCUT2D eigenvalue weighted by molar-refractivity contribution is 6.32. The van der Waals surface area contributed by atoms with E-state index < -0.39 is 0 Å². The van der Waals surface area contributed by atoms with Gasteiger partial charge in [0.1, 0.15) is 0 Å². The number of benzene rings is 1. The van der Waals surface area contributed by atoms with E-state index >= 15 is 0 Å². The summed E-state index contributed by atoms with van der Waals surface area (Å²) in [6.45, 7) is 2.28. The molecule has 1 aromatic rings. The van der Waals surface area contributed by atoms with E-state index in [-0.39, 0.29) is 19.4 Å². The first-order chi connectivity index (χ1) is 8.78. The molecule has 0 aromatic heterocycles. The van der Waals surface area contributed by atoms with E-state index in [1.807, 2.05) is 12.1 Å². The Morgan fingerprint density at radius 2 is 2.28 bits per heavy atom. The Hall–Kier alpha value is -0.970. The van der Waals surface area contributed by atoms with Crippen LogP contribution in [0.3, 0.4) is 0 Å². The molecule has 1 atom stereocenters. The molecular formula is C13H16ClNO3. The molecule has 98 valence electrons. The van der Waals surface area contributed by atoms with Crippen LogP contribution >= 0.6 is 11.6 Å². The molecule has 1 fully saturated rings. The quantitative estimate of drug-likeness (QED) is 0.912. The number of rotatable bonds is 3. The molecule has 1 N–H and O–H groups in total. The standard InChI is InChI=1S/C13H16ClNO3/c14-11-4-9(5-12-13(11)18-8-17-12)6-15-3-1-2-10(15)7-16/h4-5,10,16H,1-3,6-8H2.